The van der Waals surface area contributed by atoms with Gasteiger partial charge in [-0.1, -0.05) is 35.7 Å². The molecule has 1 N–H and O–H groups in total. The number of likely N-dealkylation sites (tertiary alicyclic amines) is 1. The number of halogens is 2. The van der Waals surface area contributed by atoms with Gasteiger partial charge in [-0.2, -0.15) is 5.26 Å². The topological polar surface area (TPSA) is 42.3 Å². The summed E-state index contributed by atoms with van der Waals surface area (Å²) in [5, 5.41) is 14.4. The molecule has 0 radical (unpaired) electrons. The maximum Gasteiger partial charge on any atom is 0.101 e. The predicted octanol–water partition coefficient (Wildman–Crippen LogP) is 6.49. The molecule has 1 atom stereocenters. The first kappa shape index (κ1) is 22.3. The first-order valence-corrected chi connectivity index (χ1v) is 12.1. The van der Waals surface area contributed by atoms with Crippen molar-refractivity contribution in [3.63, 3.8) is 0 Å². The van der Waals surface area contributed by atoms with E-state index >= 15 is 0 Å². The van der Waals surface area contributed by atoms with Crippen molar-refractivity contribution in [2.45, 2.75) is 51.1 Å². The number of nitrogens with zero attached hydrogens (tertiary/aromatic N) is 3. The lowest BCUT2D eigenvalue weighted by molar-refractivity contribution is 0.141. The lowest BCUT2D eigenvalue weighted by Crippen LogP contribution is -2.46. The second kappa shape index (κ2) is 10.1. The molecule has 1 unspecified atom stereocenters. The van der Waals surface area contributed by atoms with E-state index in [-0.39, 0.29) is 6.04 Å². The highest BCUT2D eigenvalue weighted by atomic mass is 35.5. The van der Waals surface area contributed by atoms with Crippen LogP contribution in [0.3, 0.4) is 0 Å². The molecule has 0 aliphatic carbocycles. The molecule has 2 heterocycles. The number of hydrogen-bond acceptors (Lipinski definition) is 4. The molecule has 2 aliphatic rings. The van der Waals surface area contributed by atoms with Gasteiger partial charge >= 0.3 is 0 Å². The average molecular weight is 457 g/mol. The summed E-state index contributed by atoms with van der Waals surface area (Å²) in [5.74, 6) is 0. The highest BCUT2D eigenvalue weighted by molar-refractivity contribution is 6.35. The molecular formula is C25H30Cl2N4. The summed E-state index contributed by atoms with van der Waals surface area (Å²) in [6.07, 6.45) is 6.50. The highest BCUT2D eigenvalue weighted by Gasteiger charge is 2.26. The Morgan fingerprint density at radius 3 is 2.42 bits per heavy atom. The van der Waals surface area contributed by atoms with Crippen LogP contribution in [0.4, 0.5) is 11.4 Å². The molecule has 31 heavy (non-hydrogen) atoms. The summed E-state index contributed by atoms with van der Waals surface area (Å²) < 4.78 is 0. The van der Waals surface area contributed by atoms with Gasteiger partial charge in [-0.15, -0.1) is 0 Å². The Morgan fingerprint density at radius 1 is 1.00 bits per heavy atom. The summed E-state index contributed by atoms with van der Waals surface area (Å²) in [6.45, 7) is 6.70. The monoisotopic (exact) mass is 456 g/mol. The van der Waals surface area contributed by atoms with Crippen molar-refractivity contribution < 1.29 is 0 Å². The number of rotatable bonds is 5. The lowest BCUT2D eigenvalue weighted by Gasteiger charge is -2.41. The first-order valence-electron chi connectivity index (χ1n) is 11.3. The number of hydrogen-bond donors (Lipinski definition) is 1. The van der Waals surface area contributed by atoms with E-state index in [0.29, 0.717) is 15.6 Å². The van der Waals surface area contributed by atoms with Crippen molar-refractivity contribution in [2.24, 2.45) is 0 Å². The van der Waals surface area contributed by atoms with Crippen LogP contribution >= 0.6 is 23.2 Å². The minimum atomic E-state index is -0.0445. The van der Waals surface area contributed by atoms with Crippen LogP contribution in [0.15, 0.2) is 36.4 Å². The van der Waals surface area contributed by atoms with Gasteiger partial charge in [0.05, 0.1) is 17.3 Å². The fourth-order valence-electron chi connectivity index (χ4n) is 4.88. The smallest absolute Gasteiger partial charge is 0.101 e. The Morgan fingerprint density at radius 2 is 1.74 bits per heavy atom. The van der Waals surface area contributed by atoms with E-state index < -0.39 is 0 Å². The quantitative estimate of drug-likeness (QED) is 0.557. The van der Waals surface area contributed by atoms with Crippen LogP contribution in [0, 0.1) is 11.3 Å². The normalized spacial score (nSPS) is 19.1. The van der Waals surface area contributed by atoms with E-state index in [4.69, 9.17) is 23.2 Å². The third-order valence-corrected chi connectivity index (χ3v) is 7.22. The standard InChI is InChI=1S/C25H30Cl2N4/c1-18(23-8-6-20(26)15-24(23)27)29-25-16-22(7-5-19(25)17-28)31-13-9-21(10-14-31)30-11-3-2-4-12-30/h5-8,15-16,18,21,29H,2-4,9-14H2,1H3. The third-order valence-electron chi connectivity index (χ3n) is 6.66. The second-order valence-electron chi connectivity index (χ2n) is 8.69. The van der Waals surface area contributed by atoms with Gasteiger partial charge in [0.15, 0.2) is 0 Å². The molecule has 6 heteroatoms. The Labute approximate surface area is 195 Å². The predicted molar refractivity (Wildman–Crippen MR) is 130 cm³/mol. The second-order valence-corrected chi connectivity index (χ2v) is 9.53. The Balaban J connectivity index is 1.46. The van der Waals surface area contributed by atoms with Gasteiger partial charge in [-0.3, -0.25) is 0 Å². The Kier molecular flexibility index (Phi) is 7.27. The summed E-state index contributed by atoms with van der Waals surface area (Å²) in [4.78, 5) is 5.15. The number of benzene rings is 2. The van der Waals surface area contributed by atoms with Gasteiger partial charge in [-0.25, -0.2) is 0 Å². The van der Waals surface area contributed by atoms with Gasteiger partial charge < -0.3 is 15.1 Å². The zero-order chi connectivity index (χ0) is 21.8. The number of nitrogens with one attached hydrogen (secondary N) is 1. The zero-order valence-electron chi connectivity index (χ0n) is 18.1. The van der Waals surface area contributed by atoms with Gasteiger partial charge in [0, 0.05) is 34.9 Å². The van der Waals surface area contributed by atoms with Crippen LogP contribution in [-0.2, 0) is 0 Å². The minimum absolute atomic E-state index is 0.0445. The summed E-state index contributed by atoms with van der Waals surface area (Å²) in [7, 11) is 0. The molecule has 0 amide bonds. The van der Waals surface area contributed by atoms with E-state index in [0.717, 1.165) is 30.4 Å². The van der Waals surface area contributed by atoms with Gasteiger partial charge in [0.2, 0.25) is 0 Å². The van der Waals surface area contributed by atoms with Crippen LogP contribution in [-0.4, -0.2) is 37.1 Å². The summed E-state index contributed by atoms with van der Waals surface area (Å²) in [5.41, 5.74) is 3.62. The van der Waals surface area contributed by atoms with Crippen LogP contribution in [0.1, 0.15) is 56.2 Å². The van der Waals surface area contributed by atoms with E-state index in [1.807, 2.05) is 25.1 Å². The average Bonchev–Trinajstić information content (AvgIpc) is 2.79. The maximum absolute atomic E-state index is 9.62. The van der Waals surface area contributed by atoms with Crippen molar-refractivity contribution in [3.8, 4) is 6.07 Å². The molecule has 2 aliphatic heterocycles. The molecule has 2 aromatic rings. The summed E-state index contributed by atoms with van der Waals surface area (Å²) >= 11 is 12.4. The van der Waals surface area contributed by atoms with E-state index in [1.54, 1.807) is 6.07 Å². The van der Waals surface area contributed by atoms with Crippen molar-refractivity contribution in [3.05, 3.63) is 57.6 Å². The molecule has 2 fully saturated rings. The van der Waals surface area contributed by atoms with Crippen LogP contribution in [0.5, 0.6) is 0 Å². The molecule has 4 nitrogen and oxygen atoms in total. The SMILES string of the molecule is CC(Nc1cc(N2CCC(N3CCCCC3)CC2)ccc1C#N)c1ccc(Cl)cc1Cl. The first-order chi connectivity index (χ1) is 15.0. The highest BCUT2D eigenvalue weighted by Crippen LogP contribution is 2.32. The molecule has 2 saturated heterocycles. The van der Waals surface area contributed by atoms with Crippen molar-refractivity contribution in [1.29, 1.82) is 5.26 Å². The number of piperidine rings is 2. The maximum atomic E-state index is 9.62. The van der Waals surface area contributed by atoms with E-state index in [2.05, 4.69) is 33.3 Å². The van der Waals surface area contributed by atoms with Crippen LogP contribution in [0.25, 0.3) is 0 Å². The molecule has 0 saturated carbocycles. The molecular weight excluding hydrogens is 427 g/mol. The number of anilines is 2. The molecule has 0 spiro atoms. The van der Waals surface area contributed by atoms with Gasteiger partial charge in [0.1, 0.15) is 6.07 Å². The van der Waals surface area contributed by atoms with Crippen molar-refractivity contribution >= 4 is 34.6 Å². The molecule has 4 rings (SSSR count). The molecule has 164 valence electrons. The fourth-order valence-corrected chi connectivity index (χ4v) is 5.45. The Hall–Kier alpha value is -1.93. The molecule has 0 aromatic heterocycles. The minimum Gasteiger partial charge on any atom is -0.377 e. The number of nitriles is 1. The van der Waals surface area contributed by atoms with Gasteiger partial charge in [-0.05, 0) is 81.6 Å². The zero-order valence-corrected chi connectivity index (χ0v) is 19.6. The van der Waals surface area contributed by atoms with Crippen molar-refractivity contribution in [2.75, 3.05) is 36.4 Å². The Bertz CT molecular complexity index is 941. The lowest BCUT2D eigenvalue weighted by atomic mass is 9.99. The van der Waals surface area contributed by atoms with Crippen LogP contribution in [0.2, 0.25) is 10.0 Å². The fraction of sp³-hybridized carbons (Fsp3) is 0.480. The van der Waals surface area contributed by atoms with Gasteiger partial charge in [0.25, 0.3) is 0 Å². The molecule has 0 bridgehead atoms. The van der Waals surface area contributed by atoms with Crippen LogP contribution < -0.4 is 10.2 Å². The largest absolute Gasteiger partial charge is 0.377 e. The molecule has 2 aromatic carbocycles. The van der Waals surface area contributed by atoms with E-state index in [9.17, 15) is 5.26 Å². The van der Waals surface area contributed by atoms with Crippen molar-refractivity contribution in [1.82, 2.24) is 4.90 Å². The van der Waals surface area contributed by atoms with E-state index in [1.165, 1.54) is 50.9 Å². The third kappa shape index (κ3) is 5.29. The summed E-state index contributed by atoms with van der Waals surface area (Å²) in [6, 6.07) is 14.6.